The van der Waals surface area contributed by atoms with E-state index in [-0.39, 0.29) is 0 Å². The summed E-state index contributed by atoms with van der Waals surface area (Å²) in [6, 6.07) is 10.3. The molecule has 0 amide bonds. The molecule has 15 heavy (non-hydrogen) atoms. The number of nitrogens with one attached hydrogen (secondary N) is 1. The number of aromatic nitrogens is 2. The molecule has 0 aliphatic carbocycles. The van der Waals surface area contributed by atoms with Gasteiger partial charge in [0.2, 0.25) is 0 Å². The number of nitrogens with zero attached hydrogens (tertiary/aromatic N) is 2. The van der Waals surface area contributed by atoms with Crippen LogP contribution < -0.4 is 5.32 Å². The van der Waals surface area contributed by atoms with Crippen molar-refractivity contribution in [2.24, 2.45) is 0 Å². The molecule has 0 aliphatic heterocycles. The molecule has 0 bridgehead atoms. The molecule has 1 N–H and O–H groups in total. The van der Waals surface area contributed by atoms with Crippen LogP contribution in [0.25, 0.3) is 0 Å². The third-order valence-corrected chi connectivity index (χ3v) is 2.96. The Labute approximate surface area is 93.2 Å². The largest absolute Gasteiger partial charge is 0.313 e. The third kappa shape index (κ3) is 2.84. The Morgan fingerprint density at radius 2 is 1.87 bits per heavy atom. The predicted molar refractivity (Wildman–Crippen MR) is 61.9 cm³/mol. The van der Waals surface area contributed by atoms with Crippen molar-refractivity contribution in [3.8, 4) is 0 Å². The Balaban J connectivity index is 2.05. The minimum absolute atomic E-state index is 0.798. The quantitative estimate of drug-likeness (QED) is 0.852. The molecule has 0 saturated heterocycles. The first-order valence-electron chi connectivity index (χ1n) is 4.88. The van der Waals surface area contributed by atoms with Crippen LogP contribution in [0, 0.1) is 0 Å². The lowest BCUT2D eigenvalue weighted by molar-refractivity contribution is 0.791. The molecule has 0 radical (unpaired) electrons. The minimum Gasteiger partial charge on any atom is -0.313 e. The average Bonchev–Trinajstić information content (AvgIpc) is 2.68. The molecule has 2 aromatic rings. The number of hydrogen-bond donors (Lipinski definition) is 1. The number of benzene rings is 1. The third-order valence-electron chi connectivity index (χ3n) is 2.03. The monoisotopic (exact) mass is 219 g/mol. The molecular weight excluding hydrogens is 206 g/mol. The summed E-state index contributed by atoms with van der Waals surface area (Å²) < 4.78 is 0. The van der Waals surface area contributed by atoms with Gasteiger partial charge < -0.3 is 5.32 Å². The van der Waals surface area contributed by atoms with Gasteiger partial charge in [-0.05, 0) is 12.6 Å². The van der Waals surface area contributed by atoms with Crippen molar-refractivity contribution >= 4 is 11.3 Å². The van der Waals surface area contributed by atoms with E-state index in [4.69, 9.17) is 0 Å². The van der Waals surface area contributed by atoms with E-state index in [0.717, 1.165) is 23.0 Å². The molecule has 78 valence electrons. The van der Waals surface area contributed by atoms with Crippen molar-refractivity contribution in [1.29, 1.82) is 0 Å². The van der Waals surface area contributed by atoms with E-state index < -0.39 is 0 Å². The first-order chi connectivity index (χ1) is 7.38. The summed E-state index contributed by atoms with van der Waals surface area (Å²) in [7, 11) is 1.91. The fraction of sp³-hybridized carbons (Fsp3) is 0.273. The zero-order valence-electron chi connectivity index (χ0n) is 8.60. The second-order valence-electron chi connectivity index (χ2n) is 3.28. The second kappa shape index (κ2) is 5.00. The normalized spacial score (nSPS) is 10.5. The van der Waals surface area contributed by atoms with Crippen molar-refractivity contribution in [2.45, 2.75) is 13.0 Å². The Kier molecular flexibility index (Phi) is 3.42. The van der Waals surface area contributed by atoms with Gasteiger partial charge >= 0.3 is 0 Å². The molecule has 0 aliphatic rings. The van der Waals surface area contributed by atoms with E-state index in [1.807, 2.05) is 25.2 Å². The van der Waals surface area contributed by atoms with E-state index in [1.54, 1.807) is 11.3 Å². The Morgan fingerprint density at radius 1 is 1.13 bits per heavy atom. The first kappa shape index (κ1) is 10.3. The van der Waals surface area contributed by atoms with Crippen molar-refractivity contribution in [2.75, 3.05) is 7.05 Å². The number of rotatable bonds is 4. The summed E-state index contributed by atoms with van der Waals surface area (Å²) in [4.78, 5) is 0. The first-order valence-corrected chi connectivity index (χ1v) is 5.70. The van der Waals surface area contributed by atoms with Gasteiger partial charge in [-0.1, -0.05) is 41.7 Å². The highest BCUT2D eigenvalue weighted by Crippen LogP contribution is 2.14. The number of hydrogen-bond acceptors (Lipinski definition) is 4. The molecule has 0 spiro atoms. The maximum atomic E-state index is 4.16. The summed E-state index contributed by atoms with van der Waals surface area (Å²) in [6.07, 6.45) is 0.877. The standard InChI is InChI=1S/C11H13N3S/c1-12-8-11-14-13-10(15-11)7-9-5-3-2-4-6-9/h2-6,12H,7-8H2,1H3. The lowest BCUT2D eigenvalue weighted by Crippen LogP contribution is -2.04. The van der Waals surface area contributed by atoms with Gasteiger partial charge in [-0.25, -0.2) is 0 Å². The molecule has 1 heterocycles. The Morgan fingerprint density at radius 3 is 2.60 bits per heavy atom. The summed E-state index contributed by atoms with van der Waals surface area (Å²) in [6.45, 7) is 0.798. The van der Waals surface area contributed by atoms with Crippen LogP contribution in [-0.2, 0) is 13.0 Å². The van der Waals surface area contributed by atoms with E-state index >= 15 is 0 Å². The van der Waals surface area contributed by atoms with Gasteiger partial charge in [0.05, 0.1) is 0 Å². The zero-order chi connectivity index (χ0) is 10.5. The molecule has 0 saturated carbocycles. The fourth-order valence-corrected chi connectivity index (χ4v) is 2.24. The Hall–Kier alpha value is -1.26. The molecule has 1 aromatic heterocycles. The lowest BCUT2D eigenvalue weighted by atomic mass is 10.2. The molecule has 2 rings (SSSR count). The second-order valence-corrected chi connectivity index (χ2v) is 4.43. The molecular formula is C11H13N3S. The molecule has 1 aromatic carbocycles. The van der Waals surface area contributed by atoms with Crippen LogP contribution in [0.4, 0.5) is 0 Å². The van der Waals surface area contributed by atoms with Gasteiger partial charge in [0.15, 0.2) is 0 Å². The van der Waals surface area contributed by atoms with E-state index in [1.165, 1.54) is 5.56 Å². The predicted octanol–water partition coefficient (Wildman–Crippen LogP) is 1.85. The van der Waals surface area contributed by atoms with Crippen molar-refractivity contribution < 1.29 is 0 Å². The molecule has 0 fully saturated rings. The molecule has 4 heteroatoms. The summed E-state index contributed by atoms with van der Waals surface area (Å²) in [5.74, 6) is 0. The van der Waals surface area contributed by atoms with Gasteiger partial charge in [-0.3, -0.25) is 0 Å². The minimum atomic E-state index is 0.798. The fourth-order valence-electron chi connectivity index (χ4n) is 1.35. The van der Waals surface area contributed by atoms with Crippen LogP contribution in [0.5, 0.6) is 0 Å². The van der Waals surface area contributed by atoms with Crippen LogP contribution in [-0.4, -0.2) is 17.2 Å². The SMILES string of the molecule is CNCc1nnc(Cc2ccccc2)s1. The van der Waals surface area contributed by atoms with Crippen LogP contribution in [0.1, 0.15) is 15.6 Å². The molecule has 3 nitrogen and oxygen atoms in total. The van der Waals surface area contributed by atoms with Crippen molar-refractivity contribution in [3.05, 3.63) is 45.9 Å². The average molecular weight is 219 g/mol. The van der Waals surface area contributed by atoms with Crippen LogP contribution >= 0.6 is 11.3 Å². The van der Waals surface area contributed by atoms with Gasteiger partial charge in [0, 0.05) is 13.0 Å². The zero-order valence-corrected chi connectivity index (χ0v) is 9.42. The summed E-state index contributed by atoms with van der Waals surface area (Å²) in [5, 5.41) is 13.5. The Bertz CT molecular complexity index is 411. The van der Waals surface area contributed by atoms with Gasteiger partial charge in [-0.2, -0.15) is 0 Å². The highest BCUT2D eigenvalue weighted by molar-refractivity contribution is 7.11. The van der Waals surface area contributed by atoms with Crippen LogP contribution in [0.3, 0.4) is 0 Å². The van der Waals surface area contributed by atoms with Crippen LogP contribution in [0.2, 0.25) is 0 Å². The highest BCUT2D eigenvalue weighted by atomic mass is 32.1. The van der Waals surface area contributed by atoms with E-state index in [9.17, 15) is 0 Å². The maximum Gasteiger partial charge on any atom is 0.131 e. The van der Waals surface area contributed by atoms with Gasteiger partial charge in [0.25, 0.3) is 0 Å². The van der Waals surface area contributed by atoms with Crippen LogP contribution in [0.15, 0.2) is 30.3 Å². The van der Waals surface area contributed by atoms with E-state index in [0.29, 0.717) is 0 Å². The maximum absolute atomic E-state index is 4.16. The smallest absolute Gasteiger partial charge is 0.131 e. The van der Waals surface area contributed by atoms with Crippen molar-refractivity contribution in [1.82, 2.24) is 15.5 Å². The van der Waals surface area contributed by atoms with Gasteiger partial charge in [-0.15, -0.1) is 10.2 Å². The topological polar surface area (TPSA) is 37.8 Å². The summed E-state index contributed by atoms with van der Waals surface area (Å²) in [5.41, 5.74) is 1.28. The summed E-state index contributed by atoms with van der Waals surface area (Å²) >= 11 is 1.67. The highest BCUT2D eigenvalue weighted by Gasteiger charge is 2.03. The molecule has 0 unspecified atom stereocenters. The van der Waals surface area contributed by atoms with Crippen molar-refractivity contribution in [3.63, 3.8) is 0 Å². The van der Waals surface area contributed by atoms with E-state index in [2.05, 4.69) is 27.6 Å². The molecule has 0 atom stereocenters. The lowest BCUT2D eigenvalue weighted by Gasteiger charge is -1.94. The van der Waals surface area contributed by atoms with Gasteiger partial charge in [0.1, 0.15) is 10.0 Å².